The number of benzene rings is 3. The molecule has 0 saturated carbocycles. The van der Waals surface area contributed by atoms with E-state index in [-0.39, 0.29) is 54.3 Å². The zero-order valence-electron chi connectivity index (χ0n) is 37.3. The molecule has 1 unspecified atom stereocenters. The summed E-state index contributed by atoms with van der Waals surface area (Å²) in [7, 11) is 0. The van der Waals surface area contributed by atoms with Gasteiger partial charge in [0, 0.05) is 104 Å². The average Bonchev–Trinajstić information content (AvgIpc) is 4.14. The molecule has 4 fully saturated rings. The van der Waals surface area contributed by atoms with E-state index in [1.54, 1.807) is 36.1 Å². The molecule has 6 aliphatic rings. The summed E-state index contributed by atoms with van der Waals surface area (Å²) in [5, 5.41) is 19.4. The molecule has 1 spiro atoms. The number of imide groups is 1. The topological polar surface area (TPSA) is 177 Å². The minimum absolute atomic E-state index is 0.0288. The Bertz CT molecular complexity index is 2830. The number of urea groups is 1. The quantitative estimate of drug-likeness (QED) is 0.143. The van der Waals surface area contributed by atoms with Gasteiger partial charge in [-0.25, -0.2) is 19.2 Å². The highest BCUT2D eigenvalue weighted by molar-refractivity contribution is 7.13. The Kier molecular flexibility index (Phi) is 11.2. The van der Waals surface area contributed by atoms with E-state index in [1.165, 1.54) is 27.2 Å². The summed E-state index contributed by atoms with van der Waals surface area (Å²) in [5.74, 6) is -1.70. The molecule has 68 heavy (non-hydrogen) atoms. The molecule has 352 valence electrons. The number of likely N-dealkylation sites (tertiary alicyclic amines) is 1. The van der Waals surface area contributed by atoms with E-state index in [1.807, 2.05) is 39.8 Å². The predicted molar refractivity (Wildman–Crippen MR) is 254 cm³/mol. The second kappa shape index (κ2) is 17.3. The highest BCUT2D eigenvalue weighted by atomic mass is 35.5. The Morgan fingerprint density at radius 3 is 2.37 bits per heavy atom. The number of nitrogens with one attached hydrogen (secondary N) is 2. The van der Waals surface area contributed by atoms with Crippen molar-refractivity contribution in [1.29, 1.82) is 0 Å². The van der Waals surface area contributed by atoms with E-state index in [9.17, 15) is 29.1 Å². The summed E-state index contributed by atoms with van der Waals surface area (Å²) in [6.07, 6.45) is 7.82. The number of aliphatic hydroxyl groups is 1. The van der Waals surface area contributed by atoms with Gasteiger partial charge in [0.1, 0.15) is 5.82 Å². The standard InChI is InChI=1S/C49H50ClFN10O6S/c50-36-24-33(60-16-9-40(62)54-47(60)66)7-8-38(36)56-19-12-49(67,13-20-56)25-41(63)57-17-10-48(11-18-57)27-59(28-48)32-5-3-30(4-6-32)31-22-34-35(37(51)23-31)26-61(45(34)65)43(44(64)55-46-52-14-21-68-46)42-39-2-1-15-58(39)29-53-42/h3-8,14,21-24,29,43,67H,1-2,9-13,15-20,25-28H2,(H,52,55,64)(H,54,62,66). The Morgan fingerprint density at radius 1 is 0.882 bits per heavy atom. The molecule has 5 aromatic rings. The highest BCUT2D eigenvalue weighted by Crippen LogP contribution is 2.44. The van der Waals surface area contributed by atoms with Crippen LogP contribution in [0, 0.1) is 11.2 Å². The normalized spacial score (nSPS) is 20.0. The number of thiazole rings is 1. The number of halogens is 2. The van der Waals surface area contributed by atoms with Crippen LogP contribution in [0.5, 0.6) is 0 Å². The number of hydrogen-bond donors (Lipinski definition) is 3. The van der Waals surface area contributed by atoms with Crippen molar-refractivity contribution < 1.29 is 33.5 Å². The number of carbonyl (C=O) groups excluding carboxylic acids is 5. The van der Waals surface area contributed by atoms with E-state index >= 15 is 4.39 Å². The Balaban J connectivity index is 0.678. The summed E-state index contributed by atoms with van der Waals surface area (Å²) < 4.78 is 18.0. The summed E-state index contributed by atoms with van der Waals surface area (Å²) in [5.41, 5.74) is 4.67. The summed E-state index contributed by atoms with van der Waals surface area (Å²) in [6.45, 7) is 5.05. The van der Waals surface area contributed by atoms with Crippen molar-refractivity contribution in [1.82, 2.24) is 29.7 Å². The van der Waals surface area contributed by atoms with Crippen molar-refractivity contribution in [3.05, 3.63) is 106 Å². The molecule has 0 aliphatic carbocycles. The van der Waals surface area contributed by atoms with Gasteiger partial charge in [-0.1, -0.05) is 23.7 Å². The van der Waals surface area contributed by atoms with Crippen LogP contribution in [0.4, 0.5) is 31.4 Å². The Morgan fingerprint density at radius 2 is 1.65 bits per heavy atom. The van der Waals surface area contributed by atoms with Gasteiger partial charge < -0.3 is 29.3 Å². The number of imidazole rings is 1. The first-order valence-corrected chi connectivity index (χ1v) is 24.5. The number of anilines is 4. The van der Waals surface area contributed by atoms with E-state index in [2.05, 4.69) is 30.4 Å². The van der Waals surface area contributed by atoms with Gasteiger partial charge in [-0.15, -0.1) is 11.3 Å². The molecule has 0 radical (unpaired) electrons. The fourth-order valence-electron chi connectivity index (χ4n) is 11.0. The number of hydrogen-bond acceptors (Lipinski definition) is 11. The first-order chi connectivity index (χ1) is 32.8. The van der Waals surface area contributed by atoms with E-state index in [4.69, 9.17) is 11.6 Å². The van der Waals surface area contributed by atoms with Crippen LogP contribution in [0.3, 0.4) is 0 Å². The van der Waals surface area contributed by atoms with Crippen LogP contribution < -0.4 is 25.3 Å². The monoisotopic (exact) mass is 960 g/mol. The molecular weight excluding hydrogens is 911 g/mol. The van der Waals surface area contributed by atoms with Crippen LogP contribution >= 0.6 is 22.9 Å². The fraction of sp³-hybridized carbons (Fsp3) is 0.408. The molecule has 3 aromatic carbocycles. The van der Waals surface area contributed by atoms with E-state index in [0.29, 0.717) is 66.1 Å². The van der Waals surface area contributed by atoms with Crippen LogP contribution in [-0.2, 0) is 33.9 Å². The number of rotatable bonds is 10. The van der Waals surface area contributed by atoms with Gasteiger partial charge in [-0.3, -0.25) is 34.7 Å². The maximum atomic E-state index is 16.0. The lowest BCUT2D eigenvalue weighted by Gasteiger charge is -2.55. The maximum Gasteiger partial charge on any atom is 0.328 e. The van der Waals surface area contributed by atoms with Gasteiger partial charge in [-0.05, 0) is 92.1 Å². The zero-order chi connectivity index (χ0) is 46.9. The zero-order valence-corrected chi connectivity index (χ0v) is 38.8. The summed E-state index contributed by atoms with van der Waals surface area (Å²) >= 11 is 7.95. The van der Waals surface area contributed by atoms with Gasteiger partial charge in [0.15, 0.2) is 11.2 Å². The van der Waals surface area contributed by atoms with Crippen LogP contribution in [0.15, 0.2) is 72.5 Å². The van der Waals surface area contributed by atoms with Crippen molar-refractivity contribution in [2.75, 3.05) is 65.8 Å². The Hall–Kier alpha value is -6.37. The van der Waals surface area contributed by atoms with Crippen molar-refractivity contribution in [2.45, 2.75) is 76.1 Å². The van der Waals surface area contributed by atoms with Gasteiger partial charge in [-0.2, -0.15) is 0 Å². The van der Waals surface area contributed by atoms with E-state index in [0.717, 1.165) is 67.9 Å². The highest BCUT2D eigenvalue weighted by Gasteiger charge is 2.47. The minimum atomic E-state index is -1.11. The van der Waals surface area contributed by atoms with Crippen LogP contribution in [0.1, 0.15) is 78.3 Å². The molecule has 16 nitrogen and oxygen atoms in total. The summed E-state index contributed by atoms with van der Waals surface area (Å²) in [6, 6.07) is 15.0. The molecule has 2 aromatic heterocycles. The maximum absolute atomic E-state index is 16.0. The van der Waals surface area contributed by atoms with Crippen molar-refractivity contribution in [3.8, 4) is 11.1 Å². The lowest BCUT2D eigenvalue weighted by Crippen LogP contribution is -2.61. The molecule has 3 N–H and O–H groups in total. The van der Waals surface area contributed by atoms with Crippen molar-refractivity contribution in [3.63, 3.8) is 0 Å². The van der Waals surface area contributed by atoms with Gasteiger partial charge in [0.2, 0.25) is 11.8 Å². The molecule has 0 bridgehead atoms. The molecule has 6 aliphatic heterocycles. The number of nitrogens with zero attached hydrogens (tertiary/aromatic N) is 8. The van der Waals surface area contributed by atoms with Crippen LogP contribution in [-0.4, -0.2) is 111 Å². The number of amides is 6. The third-order valence-electron chi connectivity index (χ3n) is 14.9. The smallest absolute Gasteiger partial charge is 0.328 e. The molecule has 11 rings (SSSR count). The number of piperidine rings is 2. The van der Waals surface area contributed by atoms with Crippen molar-refractivity contribution >= 4 is 74.8 Å². The number of fused-ring (bicyclic) bond motifs is 2. The molecule has 1 atom stereocenters. The summed E-state index contributed by atoms with van der Waals surface area (Å²) in [4.78, 5) is 83.5. The molecular formula is C49H50ClFN10O6S. The molecule has 4 saturated heterocycles. The number of carbonyl (C=O) groups is 5. The third kappa shape index (κ3) is 8.15. The van der Waals surface area contributed by atoms with Gasteiger partial charge in [0.05, 0.1) is 41.3 Å². The first-order valence-electron chi connectivity index (χ1n) is 23.2. The fourth-order valence-corrected chi connectivity index (χ4v) is 11.8. The second-order valence-electron chi connectivity index (χ2n) is 19.1. The lowest BCUT2D eigenvalue weighted by atomic mass is 9.71. The van der Waals surface area contributed by atoms with Crippen LogP contribution in [0.2, 0.25) is 5.02 Å². The second-order valence-corrected chi connectivity index (χ2v) is 20.4. The van der Waals surface area contributed by atoms with Crippen LogP contribution in [0.25, 0.3) is 11.1 Å². The minimum Gasteiger partial charge on any atom is -0.389 e. The molecule has 19 heteroatoms. The molecule has 6 amide bonds. The van der Waals surface area contributed by atoms with Crippen molar-refractivity contribution in [2.24, 2.45) is 5.41 Å². The first kappa shape index (κ1) is 44.2. The number of aryl methyl sites for hydroxylation is 1. The largest absolute Gasteiger partial charge is 0.389 e. The predicted octanol–water partition coefficient (Wildman–Crippen LogP) is 6.38. The van der Waals surface area contributed by atoms with Gasteiger partial charge >= 0.3 is 6.03 Å². The molecule has 8 heterocycles. The Labute approximate surface area is 400 Å². The lowest BCUT2D eigenvalue weighted by molar-refractivity contribution is -0.140. The van der Waals surface area contributed by atoms with E-state index < -0.39 is 35.3 Å². The average molecular weight is 962 g/mol. The van der Waals surface area contributed by atoms with Gasteiger partial charge in [0.25, 0.3) is 11.8 Å². The number of aromatic nitrogens is 3. The SMILES string of the molecule is O=C1CCN(c2ccc(N3CCC(O)(CC(=O)N4CCC5(CC4)CN(c4ccc(-c6cc(F)c7c(c6)C(=O)N(C(C(=O)Nc6nccs6)c6ncn8c6CCC8)C7)cc4)C5)CC3)c(Cl)c2)C(=O)N1. The third-order valence-corrected chi connectivity index (χ3v) is 15.9.